The number of hydrogen-bond donors (Lipinski definition) is 2. The summed E-state index contributed by atoms with van der Waals surface area (Å²) in [5, 5.41) is 6.63. The minimum Gasteiger partial charge on any atom is -0.494 e. The zero-order chi connectivity index (χ0) is 23.2. The lowest BCUT2D eigenvalue weighted by Gasteiger charge is -2.34. The highest BCUT2D eigenvalue weighted by Crippen LogP contribution is 2.35. The van der Waals surface area contributed by atoms with Gasteiger partial charge in [0.15, 0.2) is 5.82 Å². The van der Waals surface area contributed by atoms with Crippen molar-refractivity contribution in [3.8, 4) is 5.75 Å². The highest BCUT2D eigenvalue weighted by atomic mass is 16.5. The van der Waals surface area contributed by atoms with Crippen molar-refractivity contribution in [1.29, 1.82) is 0 Å². The number of nitrogens with one attached hydrogen (secondary N) is 2. The third kappa shape index (κ3) is 3.41. The molecule has 4 aromatic rings. The standard InChI is InChI=1S/C25H25N7O2/c1-30-11-13-31(14-12-30)16-7-8-19(21(15-16)34-2)27-25-28-20-9-10-32-22(20)23(29-25)26-18-6-4-3-5-17(18)24(32)33/h3-10,15H,11-14H2,1-2H3,(H2,26,27,28,29). The number of piperazine rings is 1. The summed E-state index contributed by atoms with van der Waals surface area (Å²) in [6, 6.07) is 15.4. The Morgan fingerprint density at radius 3 is 2.68 bits per heavy atom. The Hall–Kier alpha value is -4.11. The van der Waals surface area contributed by atoms with Gasteiger partial charge >= 0.3 is 0 Å². The molecule has 2 aliphatic heterocycles. The number of carbonyl (C=O) groups is 1. The first-order valence-electron chi connectivity index (χ1n) is 11.3. The average molecular weight is 456 g/mol. The molecule has 2 aliphatic rings. The van der Waals surface area contributed by atoms with E-state index < -0.39 is 0 Å². The first-order valence-corrected chi connectivity index (χ1v) is 11.3. The van der Waals surface area contributed by atoms with Crippen LogP contribution < -0.4 is 20.3 Å². The molecule has 0 atom stereocenters. The van der Waals surface area contributed by atoms with E-state index in [2.05, 4.69) is 38.5 Å². The molecule has 1 fully saturated rings. The maximum atomic E-state index is 13.0. The molecule has 34 heavy (non-hydrogen) atoms. The van der Waals surface area contributed by atoms with Crippen molar-refractivity contribution in [2.24, 2.45) is 0 Å². The van der Waals surface area contributed by atoms with E-state index >= 15 is 0 Å². The van der Waals surface area contributed by atoms with Crippen LogP contribution in [0.4, 0.5) is 28.8 Å². The lowest BCUT2D eigenvalue weighted by molar-refractivity contribution is 0.0966. The molecule has 9 heteroatoms. The molecule has 2 N–H and O–H groups in total. The van der Waals surface area contributed by atoms with Gasteiger partial charge in [0.2, 0.25) is 5.95 Å². The summed E-state index contributed by atoms with van der Waals surface area (Å²) in [6.07, 6.45) is 1.74. The summed E-state index contributed by atoms with van der Waals surface area (Å²) in [4.78, 5) is 27.1. The fourth-order valence-electron chi connectivity index (χ4n) is 4.56. The van der Waals surface area contributed by atoms with Gasteiger partial charge in [0, 0.05) is 44.1 Å². The van der Waals surface area contributed by atoms with Crippen LogP contribution in [0, 0.1) is 0 Å². The van der Waals surface area contributed by atoms with E-state index in [9.17, 15) is 4.79 Å². The van der Waals surface area contributed by atoms with E-state index in [0.717, 1.165) is 49.0 Å². The Bertz CT molecular complexity index is 1410. The maximum absolute atomic E-state index is 13.0. The summed E-state index contributed by atoms with van der Waals surface area (Å²) < 4.78 is 7.29. The molecule has 0 bridgehead atoms. The molecule has 9 nitrogen and oxygen atoms in total. The summed E-state index contributed by atoms with van der Waals surface area (Å²) in [7, 11) is 3.81. The van der Waals surface area contributed by atoms with Gasteiger partial charge in [-0.2, -0.15) is 4.98 Å². The van der Waals surface area contributed by atoms with Crippen molar-refractivity contribution in [2.45, 2.75) is 0 Å². The van der Waals surface area contributed by atoms with Gasteiger partial charge in [0.05, 0.1) is 29.6 Å². The van der Waals surface area contributed by atoms with Crippen LogP contribution in [0.25, 0.3) is 11.0 Å². The zero-order valence-corrected chi connectivity index (χ0v) is 19.1. The number of benzene rings is 2. The third-order valence-electron chi connectivity index (χ3n) is 6.46. The number of hydrogen-bond acceptors (Lipinski definition) is 8. The van der Waals surface area contributed by atoms with Crippen molar-refractivity contribution in [1.82, 2.24) is 19.4 Å². The van der Waals surface area contributed by atoms with Gasteiger partial charge in [-0.3, -0.25) is 9.36 Å². The fourth-order valence-corrected chi connectivity index (χ4v) is 4.56. The Kier molecular flexibility index (Phi) is 4.84. The number of anilines is 5. The number of ether oxygens (including phenoxy) is 1. The van der Waals surface area contributed by atoms with Crippen LogP contribution in [-0.4, -0.2) is 65.7 Å². The van der Waals surface area contributed by atoms with E-state index in [-0.39, 0.29) is 5.91 Å². The molecule has 172 valence electrons. The highest BCUT2D eigenvalue weighted by molar-refractivity contribution is 6.10. The first-order chi connectivity index (χ1) is 16.6. The SMILES string of the molecule is COc1cc(N2CCN(C)CC2)ccc1Nc1nc2c3c(ccn3C(=O)c3ccccc3N2)n1. The maximum Gasteiger partial charge on any atom is 0.264 e. The molecule has 0 spiro atoms. The Morgan fingerprint density at radius 1 is 1.03 bits per heavy atom. The minimum absolute atomic E-state index is 0.109. The largest absolute Gasteiger partial charge is 0.494 e. The molecular weight excluding hydrogens is 430 g/mol. The van der Waals surface area contributed by atoms with Crippen LogP contribution >= 0.6 is 0 Å². The molecule has 0 amide bonds. The average Bonchev–Trinajstić information content (AvgIpc) is 3.24. The van der Waals surface area contributed by atoms with Gasteiger partial charge in [-0.05, 0) is 37.4 Å². The predicted molar refractivity (Wildman–Crippen MR) is 133 cm³/mol. The summed E-state index contributed by atoms with van der Waals surface area (Å²) in [5.74, 6) is 1.61. The van der Waals surface area contributed by atoms with Gasteiger partial charge in [0.25, 0.3) is 5.91 Å². The quantitative estimate of drug-likeness (QED) is 0.424. The van der Waals surface area contributed by atoms with Crippen LogP contribution in [0.5, 0.6) is 5.75 Å². The zero-order valence-electron chi connectivity index (χ0n) is 19.1. The lowest BCUT2D eigenvalue weighted by atomic mass is 10.1. The van der Waals surface area contributed by atoms with E-state index in [4.69, 9.17) is 9.72 Å². The van der Waals surface area contributed by atoms with Crippen LogP contribution in [-0.2, 0) is 0 Å². The van der Waals surface area contributed by atoms with Crippen LogP contribution in [0.2, 0.25) is 0 Å². The summed E-state index contributed by atoms with van der Waals surface area (Å²) >= 11 is 0. The topological polar surface area (TPSA) is 87.5 Å². The fraction of sp³-hybridized carbons (Fsp3) is 0.240. The van der Waals surface area contributed by atoms with Gasteiger partial charge in [-0.15, -0.1) is 0 Å². The molecule has 4 heterocycles. The first kappa shape index (κ1) is 20.5. The lowest BCUT2D eigenvalue weighted by Crippen LogP contribution is -2.44. The Balaban J connectivity index is 1.35. The smallest absolute Gasteiger partial charge is 0.264 e. The van der Waals surface area contributed by atoms with E-state index in [1.165, 1.54) is 0 Å². The minimum atomic E-state index is -0.109. The van der Waals surface area contributed by atoms with Crippen LogP contribution in [0.1, 0.15) is 10.4 Å². The second-order valence-electron chi connectivity index (χ2n) is 8.59. The molecule has 1 saturated heterocycles. The van der Waals surface area contributed by atoms with Gasteiger partial charge in [0.1, 0.15) is 11.3 Å². The molecule has 2 aromatic heterocycles. The van der Waals surface area contributed by atoms with E-state index in [1.54, 1.807) is 17.9 Å². The molecule has 2 aromatic carbocycles. The van der Waals surface area contributed by atoms with Gasteiger partial charge < -0.3 is 25.2 Å². The highest BCUT2D eigenvalue weighted by Gasteiger charge is 2.24. The molecule has 6 rings (SSSR count). The van der Waals surface area contributed by atoms with Crippen molar-refractivity contribution >= 4 is 45.8 Å². The van der Waals surface area contributed by atoms with Gasteiger partial charge in [-0.25, -0.2) is 4.98 Å². The summed E-state index contributed by atoms with van der Waals surface area (Å²) in [5.41, 5.74) is 4.55. The predicted octanol–water partition coefficient (Wildman–Crippen LogP) is 3.68. The number of methoxy groups -OCH3 is 1. The molecule has 0 aliphatic carbocycles. The van der Waals surface area contributed by atoms with E-state index in [1.807, 2.05) is 42.5 Å². The van der Waals surface area contributed by atoms with Crippen molar-refractivity contribution in [3.05, 3.63) is 60.3 Å². The van der Waals surface area contributed by atoms with Crippen molar-refractivity contribution in [3.63, 3.8) is 0 Å². The number of rotatable bonds is 4. The molecular formula is C25H25N7O2. The number of likely N-dealkylation sites (N-methyl/N-ethyl adjacent to an activating group) is 1. The number of carbonyl (C=O) groups excluding carboxylic acids is 1. The number of nitrogens with zero attached hydrogens (tertiary/aromatic N) is 5. The van der Waals surface area contributed by atoms with E-state index in [0.29, 0.717) is 28.4 Å². The molecule has 0 radical (unpaired) electrons. The number of aromatic nitrogens is 3. The molecule has 0 unspecified atom stereocenters. The van der Waals surface area contributed by atoms with Gasteiger partial charge in [-0.1, -0.05) is 12.1 Å². The van der Waals surface area contributed by atoms with Crippen molar-refractivity contribution < 1.29 is 9.53 Å². The normalized spacial score (nSPS) is 15.6. The van der Waals surface area contributed by atoms with Crippen LogP contribution in [0.15, 0.2) is 54.7 Å². The molecule has 0 saturated carbocycles. The Morgan fingerprint density at radius 2 is 1.85 bits per heavy atom. The van der Waals surface area contributed by atoms with Crippen molar-refractivity contribution in [2.75, 3.05) is 55.9 Å². The number of fused-ring (bicyclic) bond motifs is 1. The second kappa shape index (κ2) is 8.03. The second-order valence-corrected chi connectivity index (χ2v) is 8.59. The number of para-hydroxylation sites is 1. The third-order valence-corrected chi connectivity index (χ3v) is 6.46. The monoisotopic (exact) mass is 455 g/mol. The van der Waals surface area contributed by atoms with Crippen LogP contribution in [0.3, 0.4) is 0 Å². The summed E-state index contributed by atoms with van der Waals surface area (Å²) in [6.45, 7) is 4.05. The Labute approximate surface area is 197 Å².